The molecule has 5 heteroatoms. The summed E-state index contributed by atoms with van der Waals surface area (Å²) in [4.78, 5) is 12.4. The number of hydrogen-bond acceptors (Lipinski definition) is 5. The minimum atomic E-state index is -0.382. The quantitative estimate of drug-likeness (QED) is 0.654. The molecule has 2 aromatic rings. The third kappa shape index (κ3) is 3.63. The van der Waals surface area contributed by atoms with Crippen LogP contribution in [0.3, 0.4) is 0 Å². The van der Waals surface area contributed by atoms with Gasteiger partial charge in [-0.15, -0.1) is 0 Å². The van der Waals surface area contributed by atoms with Crippen molar-refractivity contribution in [1.29, 1.82) is 0 Å². The van der Waals surface area contributed by atoms with E-state index >= 15 is 0 Å². The van der Waals surface area contributed by atoms with Gasteiger partial charge in [0.25, 0.3) is 0 Å². The van der Waals surface area contributed by atoms with E-state index in [2.05, 4.69) is 0 Å². The molecule has 0 radical (unpaired) electrons. The molecule has 2 aromatic carbocycles. The predicted molar refractivity (Wildman–Crippen MR) is 87.6 cm³/mol. The van der Waals surface area contributed by atoms with E-state index in [9.17, 15) is 9.90 Å². The van der Waals surface area contributed by atoms with Crippen LogP contribution in [0.25, 0.3) is 6.08 Å². The van der Waals surface area contributed by atoms with E-state index in [-0.39, 0.29) is 22.8 Å². The van der Waals surface area contributed by atoms with Crippen molar-refractivity contribution in [2.45, 2.75) is 0 Å². The first-order chi connectivity index (χ1) is 11.1. The number of ketones is 1. The zero-order valence-corrected chi connectivity index (χ0v) is 13.2. The third-order valence-corrected chi connectivity index (χ3v) is 3.31. The van der Waals surface area contributed by atoms with E-state index in [0.717, 1.165) is 5.56 Å². The molecule has 120 valence electrons. The average Bonchev–Trinajstić information content (AvgIpc) is 2.58. The van der Waals surface area contributed by atoms with Gasteiger partial charge < -0.3 is 19.3 Å². The molecule has 0 amide bonds. The van der Waals surface area contributed by atoms with E-state index in [1.54, 1.807) is 25.3 Å². The molecule has 0 aliphatic heterocycles. The summed E-state index contributed by atoms with van der Waals surface area (Å²) < 4.78 is 15.4. The van der Waals surface area contributed by atoms with Crippen LogP contribution < -0.4 is 14.2 Å². The van der Waals surface area contributed by atoms with Gasteiger partial charge in [0.15, 0.2) is 5.78 Å². The Balaban J connectivity index is 2.36. The van der Waals surface area contributed by atoms with Crippen molar-refractivity contribution < 1.29 is 24.1 Å². The van der Waals surface area contributed by atoms with Crippen molar-refractivity contribution in [3.8, 4) is 23.0 Å². The number of hydrogen-bond donors (Lipinski definition) is 1. The van der Waals surface area contributed by atoms with E-state index in [0.29, 0.717) is 11.5 Å². The Morgan fingerprint density at radius 1 is 1.00 bits per heavy atom. The second-order valence-corrected chi connectivity index (χ2v) is 4.66. The lowest BCUT2D eigenvalue weighted by molar-refractivity contribution is 0.104. The van der Waals surface area contributed by atoms with Gasteiger partial charge in [-0.05, 0) is 18.2 Å². The summed E-state index contributed by atoms with van der Waals surface area (Å²) in [6.07, 6.45) is 2.99. The van der Waals surface area contributed by atoms with E-state index < -0.39 is 0 Å². The summed E-state index contributed by atoms with van der Waals surface area (Å²) in [5, 5.41) is 10.1. The highest BCUT2D eigenvalue weighted by Gasteiger charge is 2.17. The topological polar surface area (TPSA) is 65.0 Å². The SMILES string of the molecule is COc1cc(O)c(C(=O)/C=C/c2ccccc2OC)c(OC)c1. The highest BCUT2D eigenvalue weighted by Crippen LogP contribution is 2.34. The first kappa shape index (κ1) is 16.4. The molecule has 0 bridgehead atoms. The molecule has 5 nitrogen and oxygen atoms in total. The lowest BCUT2D eigenvalue weighted by Gasteiger charge is -2.10. The summed E-state index contributed by atoms with van der Waals surface area (Å²) in [6.45, 7) is 0. The monoisotopic (exact) mass is 314 g/mol. The zero-order valence-electron chi connectivity index (χ0n) is 13.2. The molecule has 0 atom stereocenters. The number of allylic oxidation sites excluding steroid dienone is 1. The Morgan fingerprint density at radius 2 is 1.70 bits per heavy atom. The second-order valence-electron chi connectivity index (χ2n) is 4.66. The molecule has 0 saturated carbocycles. The van der Waals surface area contributed by atoms with Gasteiger partial charge in [-0.25, -0.2) is 0 Å². The maximum atomic E-state index is 12.4. The fraction of sp³-hybridized carbons (Fsp3) is 0.167. The summed E-state index contributed by atoms with van der Waals surface area (Å²) in [6, 6.07) is 10.2. The highest BCUT2D eigenvalue weighted by molar-refractivity contribution is 6.10. The molecule has 1 N–H and O–H groups in total. The summed E-state index contributed by atoms with van der Waals surface area (Å²) in [5.41, 5.74) is 0.842. The second kappa shape index (κ2) is 7.35. The van der Waals surface area contributed by atoms with Crippen LogP contribution in [0.4, 0.5) is 0 Å². The molecule has 0 unspecified atom stereocenters. The lowest BCUT2D eigenvalue weighted by Crippen LogP contribution is -2.00. The molecule has 23 heavy (non-hydrogen) atoms. The average molecular weight is 314 g/mol. The van der Waals surface area contributed by atoms with E-state index in [1.165, 1.54) is 26.4 Å². The number of methoxy groups -OCH3 is 3. The third-order valence-electron chi connectivity index (χ3n) is 3.31. The molecular formula is C18H18O5. The maximum absolute atomic E-state index is 12.4. The van der Waals surface area contributed by atoms with Crippen LogP contribution in [-0.4, -0.2) is 32.2 Å². The molecule has 0 saturated heterocycles. The van der Waals surface area contributed by atoms with Gasteiger partial charge in [-0.1, -0.05) is 18.2 Å². The number of carbonyl (C=O) groups excluding carboxylic acids is 1. The largest absolute Gasteiger partial charge is 0.507 e. The number of aromatic hydroxyl groups is 1. The minimum absolute atomic E-state index is 0.0828. The number of benzene rings is 2. The number of ether oxygens (including phenoxy) is 3. The van der Waals surface area contributed by atoms with Gasteiger partial charge in [0.05, 0.1) is 21.3 Å². The van der Waals surface area contributed by atoms with Crippen LogP contribution >= 0.6 is 0 Å². The minimum Gasteiger partial charge on any atom is -0.507 e. The van der Waals surface area contributed by atoms with Crippen LogP contribution in [0.5, 0.6) is 23.0 Å². The molecule has 0 heterocycles. The van der Waals surface area contributed by atoms with Crippen molar-refractivity contribution in [1.82, 2.24) is 0 Å². The number of para-hydroxylation sites is 1. The first-order valence-corrected chi connectivity index (χ1v) is 6.91. The Labute approximate surface area is 134 Å². The fourth-order valence-electron chi connectivity index (χ4n) is 2.16. The summed E-state index contributed by atoms with van der Waals surface area (Å²) in [5.74, 6) is 0.729. The normalized spacial score (nSPS) is 10.6. The highest BCUT2D eigenvalue weighted by atomic mass is 16.5. The van der Waals surface area contributed by atoms with E-state index in [1.807, 2.05) is 18.2 Å². The summed E-state index contributed by atoms with van der Waals surface area (Å²) >= 11 is 0. The van der Waals surface area contributed by atoms with E-state index in [4.69, 9.17) is 14.2 Å². The van der Waals surface area contributed by atoms with Crippen molar-refractivity contribution >= 4 is 11.9 Å². The maximum Gasteiger partial charge on any atom is 0.193 e. The Kier molecular flexibility index (Phi) is 5.25. The van der Waals surface area contributed by atoms with Crippen molar-refractivity contribution in [2.75, 3.05) is 21.3 Å². The molecule has 0 aliphatic carbocycles. The van der Waals surface area contributed by atoms with Crippen molar-refractivity contribution in [3.05, 3.63) is 53.6 Å². The van der Waals surface area contributed by atoms with Crippen LogP contribution in [-0.2, 0) is 0 Å². The van der Waals surface area contributed by atoms with Crippen LogP contribution in [0.2, 0.25) is 0 Å². The fourth-order valence-corrected chi connectivity index (χ4v) is 2.16. The van der Waals surface area contributed by atoms with Gasteiger partial charge in [-0.3, -0.25) is 4.79 Å². The van der Waals surface area contributed by atoms with Gasteiger partial charge in [-0.2, -0.15) is 0 Å². The Morgan fingerprint density at radius 3 is 2.35 bits per heavy atom. The predicted octanol–water partition coefficient (Wildman–Crippen LogP) is 3.31. The molecule has 2 rings (SSSR count). The molecule has 0 spiro atoms. The number of rotatable bonds is 6. The molecule has 0 aliphatic rings. The molecule has 0 aromatic heterocycles. The number of carbonyl (C=O) groups is 1. The molecular weight excluding hydrogens is 296 g/mol. The van der Waals surface area contributed by atoms with Crippen molar-refractivity contribution in [3.63, 3.8) is 0 Å². The summed E-state index contributed by atoms with van der Waals surface area (Å²) in [7, 11) is 4.46. The lowest BCUT2D eigenvalue weighted by atomic mass is 10.1. The van der Waals surface area contributed by atoms with Gasteiger partial charge in [0.1, 0.15) is 28.6 Å². The van der Waals surface area contributed by atoms with Crippen LogP contribution in [0.15, 0.2) is 42.5 Å². The van der Waals surface area contributed by atoms with Crippen LogP contribution in [0.1, 0.15) is 15.9 Å². The molecule has 0 fully saturated rings. The smallest absolute Gasteiger partial charge is 0.193 e. The van der Waals surface area contributed by atoms with Crippen LogP contribution in [0, 0.1) is 0 Å². The number of phenols is 1. The Hall–Kier alpha value is -2.95. The zero-order chi connectivity index (χ0) is 16.8. The van der Waals surface area contributed by atoms with Crippen molar-refractivity contribution in [2.24, 2.45) is 0 Å². The Bertz CT molecular complexity index is 734. The van der Waals surface area contributed by atoms with Gasteiger partial charge in [0.2, 0.25) is 0 Å². The standard InChI is InChI=1S/C18H18O5/c1-21-13-10-15(20)18(17(11-13)23-3)14(19)9-8-12-6-4-5-7-16(12)22-2/h4-11,20H,1-3H3/b9-8+. The van der Waals surface area contributed by atoms with Gasteiger partial charge in [0, 0.05) is 17.7 Å². The van der Waals surface area contributed by atoms with Gasteiger partial charge >= 0.3 is 0 Å². The first-order valence-electron chi connectivity index (χ1n) is 6.91. The number of phenolic OH excluding ortho intramolecular Hbond substituents is 1.